The molecule has 3 heterocycles. The summed E-state index contributed by atoms with van der Waals surface area (Å²) >= 11 is 4.28. The molecule has 2 aromatic rings. The standard InChI is InChI=1S/C18H21BrF3N5O2S/c1-2-23-17(28)26-14-7-11(12(19)8-25-14)16-27-15(18(20,21)22)13(30-16)9-24-10-3-5-29-6-4-10/h7-8,10,24H,2-6,9H2,1H3,(H2,23,25,26,28). The summed E-state index contributed by atoms with van der Waals surface area (Å²) < 4.78 is 46.5. The van der Waals surface area contributed by atoms with Gasteiger partial charge in [-0.05, 0) is 41.8 Å². The molecule has 1 saturated heterocycles. The number of hydrogen-bond acceptors (Lipinski definition) is 6. The summed E-state index contributed by atoms with van der Waals surface area (Å²) in [5, 5.41) is 8.49. The van der Waals surface area contributed by atoms with Crippen LogP contribution in [0.15, 0.2) is 16.7 Å². The lowest BCUT2D eigenvalue weighted by Gasteiger charge is -2.23. The maximum Gasteiger partial charge on any atom is 0.434 e. The highest BCUT2D eigenvalue weighted by Gasteiger charge is 2.38. The summed E-state index contributed by atoms with van der Waals surface area (Å²) in [4.78, 5) is 19.8. The zero-order valence-corrected chi connectivity index (χ0v) is 18.5. The molecule has 1 aliphatic heterocycles. The number of rotatable bonds is 6. The highest BCUT2D eigenvalue weighted by Crippen LogP contribution is 2.40. The Labute approximate surface area is 184 Å². The van der Waals surface area contributed by atoms with Crippen LogP contribution in [0.5, 0.6) is 0 Å². The van der Waals surface area contributed by atoms with Crippen molar-refractivity contribution in [2.75, 3.05) is 25.1 Å². The van der Waals surface area contributed by atoms with Gasteiger partial charge in [0.15, 0.2) is 5.69 Å². The third kappa shape index (κ3) is 5.90. The van der Waals surface area contributed by atoms with Crippen molar-refractivity contribution in [2.45, 2.75) is 38.5 Å². The van der Waals surface area contributed by atoms with Gasteiger partial charge in [-0.2, -0.15) is 13.2 Å². The molecule has 3 rings (SSSR count). The second kappa shape index (κ2) is 10.0. The first-order valence-electron chi connectivity index (χ1n) is 9.36. The number of hydrogen-bond donors (Lipinski definition) is 3. The molecular formula is C18H21BrF3N5O2S. The molecule has 1 fully saturated rings. The van der Waals surface area contributed by atoms with Crippen LogP contribution in [0.1, 0.15) is 30.3 Å². The van der Waals surface area contributed by atoms with Gasteiger partial charge in [0, 0.05) is 48.6 Å². The van der Waals surface area contributed by atoms with E-state index in [4.69, 9.17) is 4.74 Å². The van der Waals surface area contributed by atoms with E-state index >= 15 is 0 Å². The van der Waals surface area contributed by atoms with E-state index in [1.54, 1.807) is 6.92 Å². The van der Waals surface area contributed by atoms with E-state index in [-0.39, 0.29) is 28.3 Å². The van der Waals surface area contributed by atoms with Crippen LogP contribution in [0.2, 0.25) is 0 Å². The van der Waals surface area contributed by atoms with Crippen LogP contribution in [0, 0.1) is 0 Å². The summed E-state index contributed by atoms with van der Waals surface area (Å²) in [6, 6.07) is 1.16. The molecule has 0 bridgehead atoms. The van der Waals surface area contributed by atoms with E-state index in [9.17, 15) is 18.0 Å². The Morgan fingerprint density at radius 1 is 1.37 bits per heavy atom. The molecule has 7 nitrogen and oxygen atoms in total. The number of carbonyl (C=O) groups is 1. The lowest BCUT2D eigenvalue weighted by Crippen LogP contribution is -2.34. The summed E-state index contributed by atoms with van der Waals surface area (Å²) in [6.45, 7) is 3.47. The second-order valence-corrected chi connectivity index (χ2v) is 8.53. The number of alkyl halides is 3. The predicted molar refractivity (Wildman–Crippen MR) is 111 cm³/mol. The van der Waals surface area contributed by atoms with Crippen molar-refractivity contribution in [3.8, 4) is 10.6 Å². The van der Waals surface area contributed by atoms with Crippen molar-refractivity contribution in [3.05, 3.63) is 27.3 Å². The SMILES string of the molecule is CCNC(=O)Nc1cc(-c2nc(C(F)(F)F)c(CNC3CCOCC3)s2)c(Br)cn1. The number of pyridine rings is 1. The fourth-order valence-electron chi connectivity index (χ4n) is 2.94. The number of nitrogens with zero attached hydrogens (tertiary/aromatic N) is 2. The Morgan fingerprint density at radius 3 is 2.77 bits per heavy atom. The van der Waals surface area contributed by atoms with Gasteiger partial charge in [-0.25, -0.2) is 14.8 Å². The normalized spacial score (nSPS) is 15.2. The highest BCUT2D eigenvalue weighted by molar-refractivity contribution is 9.10. The number of anilines is 1. The average molecular weight is 508 g/mol. The molecule has 0 aromatic carbocycles. The van der Waals surface area contributed by atoms with Crippen LogP contribution >= 0.6 is 27.3 Å². The number of carbonyl (C=O) groups excluding carboxylic acids is 1. The molecule has 0 unspecified atom stereocenters. The molecule has 0 aliphatic carbocycles. The number of urea groups is 1. The smallest absolute Gasteiger partial charge is 0.381 e. The van der Waals surface area contributed by atoms with E-state index < -0.39 is 17.9 Å². The molecule has 0 atom stereocenters. The van der Waals surface area contributed by atoms with Crippen LogP contribution in [0.4, 0.5) is 23.8 Å². The lowest BCUT2D eigenvalue weighted by molar-refractivity contribution is -0.141. The van der Waals surface area contributed by atoms with E-state index in [0.717, 1.165) is 24.2 Å². The summed E-state index contributed by atoms with van der Waals surface area (Å²) in [5.74, 6) is 0.213. The Kier molecular flexibility index (Phi) is 7.66. The van der Waals surface area contributed by atoms with Gasteiger partial charge in [-0.15, -0.1) is 11.3 Å². The minimum atomic E-state index is -4.57. The Bertz CT molecular complexity index is 887. The van der Waals surface area contributed by atoms with Gasteiger partial charge in [0.25, 0.3) is 0 Å². The van der Waals surface area contributed by atoms with E-state index in [1.807, 2.05) is 0 Å². The monoisotopic (exact) mass is 507 g/mol. The first kappa shape index (κ1) is 22.9. The second-order valence-electron chi connectivity index (χ2n) is 6.59. The Hall–Kier alpha value is -1.76. The number of amides is 2. The first-order valence-corrected chi connectivity index (χ1v) is 11.0. The zero-order valence-electron chi connectivity index (χ0n) is 16.1. The predicted octanol–water partition coefficient (Wildman–Crippen LogP) is 4.40. The van der Waals surface area contributed by atoms with Gasteiger partial charge in [-0.1, -0.05) is 0 Å². The Morgan fingerprint density at radius 2 is 2.10 bits per heavy atom. The molecule has 164 valence electrons. The number of aromatic nitrogens is 2. The van der Waals surface area contributed by atoms with Crippen LogP contribution < -0.4 is 16.0 Å². The molecule has 2 aromatic heterocycles. The van der Waals surface area contributed by atoms with Gasteiger partial charge in [0.1, 0.15) is 10.8 Å². The van der Waals surface area contributed by atoms with E-state index in [2.05, 4.69) is 41.8 Å². The zero-order chi connectivity index (χ0) is 21.7. The molecule has 2 amide bonds. The summed E-state index contributed by atoms with van der Waals surface area (Å²) in [6.07, 6.45) is -1.62. The van der Waals surface area contributed by atoms with Crippen molar-refractivity contribution < 1.29 is 22.7 Å². The number of halogens is 4. The Balaban J connectivity index is 1.86. The van der Waals surface area contributed by atoms with Crippen LogP contribution in [0.25, 0.3) is 10.6 Å². The molecule has 3 N–H and O–H groups in total. The highest BCUT2D eigenvalue weighted by atomic mass is 79.9. The van der Waals surface area contributed by atoms with Crippen LogP contribution in [0.3, 0.4) is 0 Å². The fourth-order valence-corrected chi connectivity index (χ4v) is 4.54. The average Bonchev–Trinajstić information content (AvgIpc) is 3.13. The molecule has 0 saturated carbocycles. The van der Waals surface area contributed by atoms with Gasteiger partial charge >= 0.3 is 12.2 Å². The molecular weight excluding hydrogens is 487 g/mol. The van der Waals surface area contributed by atoms with Crippen molar-refractivity contribution in [3.63, 3.8) is 0 Å². The van der Waals surface area contributed by atoms with Crippen LogP contribution in [-0.2, 0) is 17.5 Å². The summed E-state index contributed by atoms with van der Waals surface area (Å²) in [5.41, 5.74) is -0.478. The minimum Gasteiger partial charge on any atom is -0.381 e. The van der Waals surface area contributed by atoms with E-state index in [0.29, 0.717) is 29.8 Å². The molecule has 0 spiro atoms. The topological polar surface area (TPSA) is 88.2 Å². The van der Waals surface area contributed by atoms with Gasteiger partial charge in [-0.3, -0.25) is 5.32 Å². The largest absolute Gasteiger partial charge is 0.434 e. The quantitative estimate of drug-likeness (QED) is 0.539. The third-order valence-electron chi connectivity index (χ3n) is 4.40. The molecule has 30 heavy (non-hydrogen) atoms. The van der Waals surface area contributed by atoms with Crippen LogP contribution in [-0.4, -0.2) is 41.8 Å². The maximum absolute atomic E-state index is 13.6. The molecule has 1 aliphatic rings. The third-order valence-corrected chi connectivity index (χ3v) is 6.12. The van der Waals surface area contributed by atoms with Gasteiger partial charge < -0.3 is 15.4 Å². The molecule has 12 heteroatoms. The maximum atomic E-state index is 13.6. The van der Waals surface area contributed by atoms with E-state index in [1.165, 1.54) is 12.3 Å². The van der Waals surface area contributed by atoms with Crippen molar-refractivity contribution in [1.82, 2.24) is 20.6 Å². The van der Waals surface area contributed by atoms with Crippen molar-refractivity contribution >= 4 is 39.1 Å². The summed E-state index contributed by atoms with van der Waals surface area (Å²) in [7, 11) is 0. The lowest BCUT2D eigenvalue weighted by atomic mass is 10.1. The first-order chi connectivity index (χ1) is 14.3. The van der Waals surface area contributed by atoms with Gasteiger partial charge in [0.2, 0.25) is 0 Å². The number of nitrogens with one attached hydrogen (secondary N) is 3. The van der Waals surface area contributed by atoms with Crippen molar-refractivity contribution in [2.24, 2.45) is 0 Å². The van der Waals surface area contributed by atoms with Crippen molar-refractivity contribution in [1.29, 1.82) is 0 Å². The fraction of sp³-hybridized carbons (Fsp3) is 0.500. The van der Waals surface area contributed by atoms with Gasteiger partial charge in [0.05, 0.1) is 4.88 Å². The minimum absolute atomic E-state index is 0.0733. The number of thiazole rings is 1. The number of ether oxygens (including phenoxy) is 1. The molecule has 0 radical (unpaired) electrons.